The van der Waals surface area contributed by atoms with E-state index in [4.69, 9.17) is 0 Å². The van der Waals surface area contributed by atoms with Gasteiger partial charge in [-0.2, -0.15) is 0 Å². The van der Waals surface area contributed by atoms with E-state index in [1.54, 1.807) is 0 Å². The van der Waals surface area contributed by atoms with Gasteiger partial charge in [-0.25, -0.2) is 23.1 Å². The summed E-state index contributed by atoms with van der Waals surface area (Å²) in [6.45, 7) is 5.22. The van der Waals surface area contributed by atoms with E-state index in [0.717, 1.165) is 50.3 Å². The third-order valence-corrected chi connectivity index (χ3v) is 6.07. The van der Waals surface area contributed by atoms with Crippen molar-refractivity contribution in [3.63, 3.8) is 0 Å². The monoisotopic (exact) mass is 310 g/mol. The molecule has 0 aromatic carbocycles. The van der Waals surface area contributed by atoms with E-state index in [9.17, 15) is 8.42 Å². The maximum absolute atomic E-state index is 11.8. The lowest BCUT2D eigenvalue weighted by molar-refractivity contribution is 0.316. The van der Waals surface area contributed by atoms with Gasteiger partial charge in [0.25, 0.3) is 0 Å². The van der Waals surface area contributed by atoms with Crippen molar-refractivity contribution in [2.45, 2.75) is 38.0 Å². The standard InChI is InChI=1S/C14H22N4O2S/c1-11-15-6-13(7-16-11)10-18-5-4-12(9-18)8-17-21(19,20)14-2-3-14/h6-7,12,14,17H,2-5,8-10H2,1H3/t12-/m1/s1. The predicted octanol–water partition coefficient (Wildman–Crippen LogP) is 0.689. The molecule has 21 heavy (non-hydrogen) atoms. The summed E-state index contributed by atoms with van der Waals surface area (Å²) in [7, 11) is -3.04. The van der Waals surface area contributed by atoms with Crippen LogP contribution < -0.4 is 4.72 Å². The minimum atomic E-state index is -3.04. The molecular weight excluding hydrogens is 288 g/mol. The molecule has 3 rings (SSSR count). The molecular formula is C14H22N4O2S. The van der Waals surface area contributed by atoms with Crippen molar-refractivity contribution in [2.75, 3.05) is 19.6 Å². The summed E-state index contributed by atoms with van der Waals surface area (Å²) in [5.41, 5.74) is 1.11. The van der Waals surface area contributed by atoms with Crippen molar-refractivity contribution in [2.24, 2.45) is 5.92 Å². The fourth-order valence-electron chi connectivity index (χ4n) is 2.71. The van der Waals surface area contributed by atoms with Crippen molar-refractivity contribution in [3.8, 4) is 0 Å². The number of nitrogens with zero attached hydrogens (tertiary/aromatic N) is 3. The molecule has 116 valence electrons. The van der Waals surface area contributed by atoms with Crippen LogP contribution in [-0.2, 0) is 16.6 Å². The highest BCUT2D eigenvalue weighted by atomic mass is 32.2. The van der Waals surface area contributed by atoms with E-state index in [1.807, 2.05) is 19.3 Å². The molecule has 1 N–H and O–H groups in total. The van der Waals surface area contributed by atoms with Crippen LogP contribution >= 0.6 is 0 Å². The molecule has 1 saturated carbocycles. The molecule has 1 aliphatic carbocycles. The first-order valence-electron chi connectivity index (χ1n) is 7.51. The SMILES string of the molecule is Cc1ncc(CN2CC[C@H](CNS(=O)(=O)C3CC3)C2)cn1. The lowest BCUT2D eigenvalue weighted by atomic mass is 10.1. The maximum Gasteiger partial charge on any atom is 0.214 e. The molecule has 1 atom stereocenters. The first-order chi connectivity index (χ1) is 10.0. The minimum absolute atomic E-state index is 0.125. The van der Waals surface area contributed by atoms with Crippen LogP contribution in [0.15, 0.2) is 12.4 Å². The van der Waals surface area contributed by atoms with E-state index < -0.39 is 10.0 Å². The number of aryl methyl sites for hydroxylation is 1. The van der Waals surface area contributed by atoms with Crippen molar-refractivity contribution in [1.82, 2.24) is 19.6 Å². The summed E-state index contributed by atoms with van der Waals surface area (Å²) in [5.74, 6) is 1.19. The Kier molecular flexibility index (Phi) is 4.24. The van der Waals surface area contributed by atoms with Gasteiger partial charge in [0, 0.05) is 37.6 Å². The molecule has 0 radical (unpaired) electrons. The highest BCUT2D eigenvalue weighted by Gasteiger charge is 2.36. The van der Waals surface area contributed by atoms with Crippen LogP contribution in [-0.4, -0.2) is 48.2 Å². The van der Waals surface area contributed by atoms with Crippen molar-refractivity contribution >= 4 is 10.0 Å². The lowest BCUT2D eigenvalue weighted by Gasteiger charge is -2.16. The molecule has 1 aromatic heterocycles. The normalized spacial score (nSPS) is 23.6. The Morgan fingerprint density at radius 2 is 2.00 bits per heavy atom. The number of rotatable bonds is 6. The van der Waals surface area contributed by atoms with Crippen LogP contribution in [0.4, 0.5) is 0 Å². The zero-order valence-corrected chi connectivity index (χ0v) is 13.1. The molecule has 1 aromatic rings. The van der Waals surface area contributed by atoms with E-state index in [1.165, 1.54) is 0 Å². The summed E-state index contributed by atoms with van der Waals surface area (Å²) >= 11 is 0. The first kappa shape index (κ1) is 14.9. The van der Waals surface area contributed by atoms with Crippen LogP contribution in [0.5, 0.6) is 0 Å². The van der Waals surface area contributed by atoms with Gasteiger partial charge in [0.1, 0.15) is 5.82 Å². The van der Waals surface area contributed by atoms with Crippen LogP contribution in [0.2, 0.25) is 0 Å². The lowest BCUT2D eigenvalue weighted by Crippen LogP contribution is -2.33. The molecule has 7 heteroatoms. The van der Waals surface area contributed by atoms with Gasteiger partial charge in [0.15, 0.2) is 0 Å². The largest absolute Gasteiger partial charge is 0.299 e. The maximum atomic E-state index is 11.8. The van der Waals surface area contributed by atoms with Gasteiger partial charge in [0.2, 0.25) is 10.0 Å². The van der Waals surface area contributed by atoms with Gasteiger partial charge < -0.3 is 0 Å². The van der Waals surface area contributed by atoms with Crippen LogP contribution in [0, 0.1) is 12.8 Å². The highest BCUT2D eigenvalue weighted by molar-refractivity contribution is 7.90. The van der Waals surface area contributed by atoms with Crippen molar-refractivity contribution in [1.29, 1.82) is 0 Å². The third kappa shape index (κ3) is 3.99. The van der Waals surface area contributed by atoms with Gasteiger partial charge in [0.05, 0.1) is 5.25 Å². The minimum Gasteiger partial charge on any atom is -0.299 e. The van der Waals surface area contributed by atoms with E-state index in [0.29, 0.717) is 12.5 Å². The number of aromatic nitrogens is 2. The molecule has 1 saturated heterocycles. The molecule has 2 aliphatic rings. The topological polar surface area (TPSA) is 75.2 Å². The predicted molar refractivity (Wildman–Crippen MR) is 80.1 cm³/mol. The van der Waals surface area contributed by atoms with E-state index in [-0.39, 0.29) is 5.25 Å². The van der Waals surface area contributed by atoms with Crippen molar-refractivity contribution in [3.05, 3.63) is 23.8 Å². The van der Waals surface area contributed by atoms with Crippen LogP contribution in [0.1, 0.15) is 30.7 Å². The smallest absolute Gasteiger partial charge is 0.214 e. The van der Waals surface area contributed by atoms with Crippen molar-refractivity contribution < 1.29 is 8.42 Å². The summed E-state index contributed by atoms with van der Waals surface area (Å²) < 4.78 is 26.4. The number of likely N-dealkylation sites (tertiary alicyclic amines) is 1. The summed E-state index contributed by atoms with van der Waals surface area (Å²) in [4.78, 5) is 10.7. The summed E-state index contributed by atoms with van der Waals surface area (Å²) in [5, 5.41) is -0.125. The van der Waals surface area contributed by atoms with Gasteiger partial charge in [-0.3, -0.25) is 4.90 Å². The molecule has 0 spiro atoms. The quantitative estimate of drug-likeness (QED) is 0.836. The number of sulfonamides is 1. The summed E-state index contributed by atoms with van der Waals surface area (Å²) in [6.07, 6.45) is 6.41. The zero-order chi connectivity index (χ0) is 14.9. The molecule has 0 bridgehead atoms. The Morgan fingerprint density at radius 1 is 1.29 bits per heavy atom. The Labute approximate surface area is 126 Å². The van der Waals surface area contributed by atoms with Gasteiger partial charge >= 0.3 is 0 Å². The molecule has 1 aliphatic heterocycles. The second-order valence-corrected chi connectivity index (χ2v) is 8.17. The first-order valence-corrected chi connectivity index (χ1v) is 9.06. The number of nitrogens with one attached hydrogen (secondary N) is 1. The van der Waals surface area contributed by atoms with Gasteiger partial charge in [-0.15, -0.1) is 0 Å². The molecule has 2 heterocycles. The van der Waals surface area contributed by atoms with E-state index >= 15 is 0 Å². The molecule has 0 unspecified atom stereocenters. The average molecular weight is 310 g/mol. The highest BCUT2D eigenvalue weighted by Crippen LogP contribution is 2.27. The van der Waals surface area contributed by atoms with Gasteiger partial charge in [-0.1, -0.05) is 0 Å². The summed E-state index contributed by atoms with van der Waals surface area (Å²) in [6, 6.07) is 0. The number of hydrogen-bond donors (Lipinski definition) is 1. The van der Waals surface area contributed by atoms with E-state index in [2.05, 4.69) is 19.6 Å². The third-order valence-electron chi connectivity index (χ3n) is 4.15. The Bertz CT molecular complexity index is 583. The fraction of sp³-hybridized carbons (Fsp3) is 0.714. The molecule has 6 nitrogen and oxygen atoms in total. The molecule has 0 amide bonds. The second kappa shape index (κ2) is 5.98. The Hall–Kier alpha value is -1.05. The average Bonchev–Trinajstić information content (AvgIpc) is 3.22. The van der Waals surface area contributed by atoms with Crippen LogP contribution in [0.3, 0.4) is 0 Å². The van der Waals surface area contributed by atoms with Gasteiger partial charge in [-0.05, 0) is 38.6 Å². The fourth-order valence-corrected chi connectivity index (χ4v) is 4.17. The Balaban J connectivity index is 1.45. The Morgan fingerprint density at radius 3 is 2.67 bits per heavy atom. The van der Waals surface area contributed by atoms with Crippen LogP contribution in [0.25, 0.3) is 0 Å². The number of hydrogen-bond acceptors (Lipinski definition) is 5. The second-order valence-electron chi connectivity index (χ2n) is 6.12. The zero-order valence-electron chi connectivity index (χ0n) is 12.3. The molecule has 2 fully saturated rings.